The van der Waals surface area contributed by atoms with Crippen molar-refractivity contribution in [2.75, 3.05) is 19.7 Å². The summed E-state index contributed by atoms with van der Waals surface area (Å²) in [5.74, 6) is 1.27. The Morgan fingerprint density at radius 3 is 2.11 bits per heavy atom. The van der Waals surface area contributed by atoms with Gasteiger partial charge in [-0.15, -0.1) is 0 Å². The summed E-state index contributed by atoms with van der Waals surface area (Å²) >= 11 is 0. The van der Waals surface area contributed by atoms with Crippen molar-refractivity contribution in [1.82, 2.24) is 4.90 Å². The van der Waals surface area contributed by atoms with Gasteiger partial charge < -0.3 is 14.4 Å². The molecule has 1 amide bonds. The first-order valence-corrected chi connectivity index (χ1v) is 9.62. The smallest absolute Gasteiger partial charge is 0.235 e. The Hall–Kier alpha value is -3.11. The largest absolute Gasteiger partial charge is 0.457 e. The number of carbonyl (C=O) groups is 1. The van der Waals surface area contributed by atoms with Crippen LogP contribution in [0.5, 0.6) is 11.5 Å². The van der Waals surface area contributed by atoms with Gasteiger partial charge in [0.2, 0.25) is 5.91 Å². The van der Waals surface area contributed by atoms with Crippen LogP contribution >= 0.6 is 0 Å². The molecule has 0 radical (unpaired) electrons. The van der Waals surface area contributed by atoms with Crippen LogP contribution in [0.2, 0.25) is 0 Å². The topological polar surface area (TPSA) is 38.8 Å². The molecule has 28 heavy (non-hydrogen) atoms. The van der Waals surface area contributed by atoms with Crippen molar-refractivity contribution in [2.45, 2.75) is 12.0 Å². The fraction of sp³-hybridized carbons (Fsp3) is 0.208. The van der Waals surface area contributed by atoms with Crippen molar-refractivity contribution in [3.63, 3.8) is 0 Å². The van der Waals surface area contributed by atoms with E-state index in [0.717, 1.165) is 28.2 Å². The van der Waals surface area contributed by atoms with Gasteiger partial charge in [0.05, 0.1) is 19.1 Å². The average molecular weight is 371 g/mol. The molecule has 2 heterocycles. The second-order valence-electron chi connectivity index (χ2n) is 7.17. The number of ether oxygens (including phenoxy) is 2. The zero-order valence-electron chi connectivity index (χ0n) is 15.5. The highest BCUT2D eigenvalue weighted by molar-refractivity contribution is 5.89. The van der Waals surface area contributed by atoms with Crippen molar-refractivity contribution in [3.05, 3.63) is 95.6 Å². The Morgan fingerprint density at radius 1 is 0.821 bits per heavy atom. The van der Waals surface area contributed by atoms with Gasteiger partial charge in [0, 0.05) is 17.7 Å². The SMILES string of the molecule is O=C(C1c2ccccc2Oc2ccccc21)N1CCOC(c2ccccc2)C1. The minimum Gasteiger partial charge on any atom is -0.457 e. The Kier molecular flexibility index (Phi) is 4.34. The molecule has 1 saturated heterocycles. The molecule has 0 spiro atoms. The number of nitrogens with zero attached hydrogens (tertiary/aromatic N) is 1. The molecule has 2 aliphatic rings. The van der Waals surface area contributed by atoms with Crippen LogP contribution in [-0.2, 0) is 9.53 Å². The van der Waals surface area contributed by atoms with Gasteiger partial charge in [-0.2, -0.15) is 0 Å². The number of morpholine rings is 1. The minimum atomic E-state index is -0.351. The van der Waals surface area contributed by atoms with E-state index in [0.29, 0.717) is 19.7 Å². The van der Waals surface area contributed by atoms with Crippen LogP contribution in [0.1, 0.15) is 28.7 Å². The molecule has 140 valence electrons. The third-order valence-electron chi connectivity index (χ3n) is 5.48. The van der Waals surface area contributed by atoms with Crippen LogP contribution in [0.4, 0.5) is 0 Å². The molecule has 3 aromatic rings. The molecule has 1 unspecified atom stereocenters. The normalized spacial score (nSPS) is 18.7. The summed E-state index contributed by atoms with van der Waals surface area (Å²) < 4.78 is 12.0. The zero-order chi connectivity index (χ0) is 18.9. The van der Waals surface area contributed by atoms with E-state index in [9.17, 15) is 4.79 Å². The molecule has 0 aromatic heterocycles. The predicted molar refractivity (Wildman–Crippen MR) is 107 cm³/mol. The van der Waals surface area contributed by atoms with Gasteiger partial charge in [-0.25, -0.2) is 0 Å². The van der Waals surface area contributed by atoms with E-state index >= 15 is 0 Å². The number of hydrogen-bond acceptors (Lipinski definition) is 3. The van der Waals surface area contributed by atoms with Crippen molar-refractivity contribution < 1.29 is 14.3 Å². The quantitative estimate of drug-likeness (QED) is 0.665. The summed E-state index contributed by atoms with van der Waals surface area (Å²) in [6, 6.07) is 25.7. The summed E-state index contributed by atoms with van der Waals surface area (Å²) in [6.07, 6.45) is -0.0933. The first kappa shape index (κ1) is 17.0. The number of amides is 1. The summed E-state index contributed by atoms with van der Waals surface area (Å²) in [4.78, 5) is 15.6. The highest BCUT2D eigenvalue weighted by Crippen LogP contribution is 2.45. The highest BCUT2D eigenvalue weighted by atomic mass is 16.5. The predicted octanol–water partition coefficient (Wildman–Crippen LogP) is 4.52. The molecule has 2 aliphatic heterocycles. The van der Waals surface area contributed by atoms with Crippen LogP contribution < -0.4 is 4.74 Å². The second kappa shape index (κ2) is 7.13. The molecule has 0 saturated carbocycles. The average Bonchev–Trinajstić information content (AvgIpc) is 2.77. The van der Waals surface area contributed by atoms with E-state index in [-0.39, 0.29) is 17.9 Å². The van der Waals surface area contributed by atoms with Gasteiger partial charge in [-0.1, -0.05) is 66.7 Å². The van der Waals surface area contributed by atoms with Crippen LogP contribution in [0.15, 0.2) is 78.9 Å². The van der Waals surface area contributed by atoms with Crippen LogP contribution in [0.3, 0.4) is 0 Å². The van der Waals surface area contributed by atoms with Gasteiger partial charge in [0.1, 0.15) is 17.6 Å². The standard InChI is InChI=1S/C24H21NO3/c26-24(25-14-15-27-22(16-25)17-8-2-1-3-9-17)23-18-10-4-6-12-20(18)28-21-13-7-5-11-19(21)23/h1-13,22-23H,14-16H2. The summed E-state index contributed by atoms with van der Waals surface area (Å²) in [7, 11) is 0. The lowest BCUT2D eigenvalue weighted by Crippen LogP contribution is -2.45. The van der Waals surface area contributed by atoms with E-state index in [1.54, 1.807) is 0 Å². The third-order valence-corrected chi connectivity index (χ3v) is 5.48. The first-order valence-electron chi connectivity index (χ1n) is 9.62. The molecule has 4 heteroatoms. The van der Waals surface area contributed by atoms with Crippen LogP contribution in [0, 0.1) is 0 Å². The van der Waals surface area contributed by atoms with E-state index < -0.39 is 0 Å². The summed E-state index contributed by atoms with van der Waals surface area (Å²) in [5, 5.41) is 0. The number of benzene rings is 3. The monoisotopic (exact) mass is 371 g/mol. The summed E-state index contributed by atoms with van der Waals surface area (Å²) in [5.41, 5.74) is 2.95. The minimum absolute atomic E-state index is 0.0933. The van der Waals surface area contributed by atoms with Crippen molar-refractivity contribution in [2.24, 2.45) is 0 Å². The third kappa shape index (κ3) is 2.96. The maximum atomic E-state index is 13.7. The Bertz CT molecular complexity index is 956. The fourth-order valence-corrected chi connectivity index (χ4v) is 4.08. The number of fused-ring (bicyclic) bond motifs is 2. The molecule has 0 bridgehead atoms. The molecule has 3 aromatic carbocycles. The van der Waals surface area contributed by atoms with Crippen molar-refractivity contribution >= 4 is 5.91 Å². The molecule has 0 N–H and O–H groups in total. The van der Waals surface area contributed by atoms with Gasteiger partial charge >= 0.3 is 0 Å². The van der Waals surface area contributed by atoms with Crippen molar-refractivity contribution in [1.29, 1.82) is 0 Å². The number of para-hydroxylation sites is 2. The molecule has 0 aliphatic carbocycles. The Balaban J connectivity index is 1.48. The maximum absolute atomic E-state index is 13.7. The molecule has 1 fully saturated rings. The number of rotatable bonds is 2. The molecular formula is C24H21NO3. The number of hydrogen-bond donors (Lipinski definition) is 0. The van der Waals surface area contributed by atoms with Crippen LogP contribution in [-0.4, -0.2) is 30.5 Å². The molecular weight excluding hydrogens is 350 g/mol. The van der Waals surface area contributed by atoms with E-state index in [1.807, 2.05) is 71.6 Å². The van der Waals surface area contributed by atoms with Gasteiger partial charge in [-0.3, -0.25) is 4.79 Å². The van der Waals surface area contributed by atoms with Gasteiger partial charge in [0.25, 0.3) is 0 Å². The Morgan fingerprint density at radius 2 is 1.43 bits per heavy atom. The maximum Gasteiger partial charge on any atom is 0.235 e. The lowest BCUT2D eigenvalue weighted by Gasteiger charge is -2.37. The fourth-order valence-electron chi connectivity index (χ4n) is 4.08. The Labute approximate surface area is 164 Å². The van der Waals surface area contributed by atoms with E-state index in [2.05, 4.69) is 12.1 Å². The lowest BCUT2D eigenvalue weighted by molar-refractivity contribution is -0.139. The number of carbonyl (C=O) groups excluding carboxylic acids is 1. The molecule has 5 rings (SSSR count). The first-order chi connectivity index (χ1) is 13.8. The van der Waals surface area contributed by atoms with Crippen LogP contribution in [0.25, 0.3) is 0 Å². The van der Waals surface area contributed by atoms with Crippen molar-refractivity contribution in [3.8, 4) is 11.5 Å². The molecule has 4 nitrogen and oxygen atoms in total. The van der Waals surface area contributed by atoms with E-state index in [4.69, 9.17) is 9.47 Å². The van der Waals surface area contributed by atoms with Gasteiger partial charge in [-0.05, 0) is 17.7 Å². The highest BCUT2D eigenvalue weighted by Gasteiger charge is 2.37. The van der Waals surface area contributed by atoms with Gasteiger partial charge in [0.15, 0.2) is 0 Å². The zero-order valence-corrected chi connectivity index (χ0v) is 15.5. The summed E-state index contributed by atoms with van der Waals surface area (Å²) in [6.45, 7) is 1.70. The second-order valence-corrected chi connectivity index (χ2v) is 7.17. The van der Waals surface area contributed by atoms with E-state index in [1.165, 1.54) is 0 Å². The lowest BCUT2D eigenvalue weighted by atomic mass is 9.86. The molecule has 1 atom stereocenters.